The summed E-state index contributed by atoms with van der Waals surface area (Å²) in [5, 5.41) is 2.84. The predicted octanol–water partition coefficient (Wildman–Crippen LogP) is 2.89. The first-order chi connectivity index (χ1) is 11.9. The maximum absolute atomic E-state index is 12.9. The molecule has 6 heteroatoms. The molecular formula is C19H22N2O3S. The van der Waals surface area contributed by atoms with Crippen LogP contribution in [0.15, 0.2) is 47.4 Å². The Hall–Kier alpha value is -2.34. The Morgan fingerprint density at radius 3 is 2.56 bits per heavy atom. The molecule has 1 aliphatic heterocycles. The number of anilines is 1. The Morgan fingerprint density at radius 2 is 1.88 bits per heavy atom. The van der Waals surface area contributed by atoms with Gasteiger partial charge in [-0.2, -0.15) is 0 Å². The van der Waals surface area contributed by atoms with Crippen molar-refractivity contribution in [2.45, 2.75) is 31.6 Å². The average Bonchev–Trinajstić information content (AvgIpc) is 3.04. The van der Waals surface area contributed by atoms with Crippen molar-refractivity contribution in [1.29, 1.82) is 0 Å². The van der Waals surface area contributed by atoms with E-state index in [2.05, 4.69) is 5.32 Å². The first-order valence-corrected chi connectivity index (χ1v) is 9.88. The second-order valence-corrected chi connectivity index (χ2v) is 8.10. The molecule has 1 aliphatic rings. The summed E-state index contributed by atoms with van der Waals surface area (Å²) >= 11 is 0. The van der Waals surface area contributed by atoms with Gasteiger partial charge in [-0.25, -0.2) is 8.42 Å². The molecule has 0 unspecified atom stereocenters. The van der Waals surface area contributed by atoms with E-state index in [0.717, 1.165) is 17.5 Å². The lowest BCUT2D eigenvalue weighted by Crippen LogP contribution is -2.29. The SMILES string of the molecule is CCCNC(=O)c1ccc2c(c1)CCN2S(=O)(=O)c1ccc(C)cc1. The maximum atomic E-state index is 12.9. The summed E-state index contributed by atoms with van der Waals surface area (Å²) in [7, 11) is -3.58. The highest BCUT2D eigenvalue weighted by molar-refractivity contribution is 7.92. The van der Waals surface area contributed by atoms with Crippen molar-refractivity contribution in [3.8, 4) is 0 Å². The molecule has 5 nitrogen and oxygen atoms in total. The van der Waals surface area contributed by atoms with E-state index in [9.17, 15) is 13.2 Å². The summed E-state index contributed by atoms with van der Waals surface area (Å²) in [5.74, 6) is -0.121. The summed E-state index contributed by atoms with van der Waals surface area (Å²) in [6.45, 7) is 4.94. The zero-order valence-electron chi connectivity index (χ0n) is 14.5. The van der Waals surface area contributed by atoms with E-state index in [1.807, 2.05) is 13.8 Å². The van der Waals surface area contributed by atoms with Gasteiger partial charge in [-0.05, 0) is 55.7 Å². The molecule has 0 saturated carbocycles. The Labute approximate surface area is 148 Å². The molecule has 0 bridgehead atoms. The second-order valence-electron chi connectivity index (χ2n) is 6.24. The zero-order chi connectivity index (χ0) is 18.0. The Balaban J connectivity index is 1.89. The fourth-order valence-corrected chi connectivity index (χ4v) is 4.44. The van der Waals surface area contributed by atoms with Gasteiger partial charge in [0.25, 0.3) is 15.9 Å². The van der Waals surface area contributed by atoms with Crippen LogP contribution in [0.3, 0.4) is 0 Å². The van der Waals surface area contributed by atoms with Crippen LogP contribution in [0.4, 0.5) is 5.69 Å². The molecule has 0 radical (unpaired) electrons. The molecule has 3 rings (SSSR count). The minimum absolute atomic E-state index is 0.121. The minimum atomic E-state index is -3.58. The molecule has 1 heterocycles. The predicted molar refractivity (Wildman–Crippen MR) is 98.5 cm³/mol. The van der Waals surface area contributed by atoms with E-state index < -0.39 is 10.0 Å². The Morgan fingerprint density at radius 1 is 1.16 bits per heavy atom. The quantitative estimate of drug-likeness (QED) is 0.894. The summed E-state index contributed by atoms with van der Waals surface area (Å²) in [6, 6.07) is 12.1. The van der Waals surface area contributed by atoms with Crippen molar-refractivity contribution in [1.82, 2.24) is 5.32 Å². The van der Waals surface area contributed by atoms with Gasteiger partial charge in [-0.1, -0.05) is 24.6 Å². The van der Waals surface area contributed by atoms with E-state index in [1.54, 1.807) is 42.5 Å². The summed E-state index contributed by atoms with van der Waals surface area (Å²) < 4.78 is 27.3. The number of aryl methyl sites for hydroxylation is 1. The topological polar surface area (TPSA) is 66.5 Å². The number of hydrogen-bond donors (Lipinski definition) is 1. The molecule has 25 heavy (non-hydrogen) atoms. The number of rotatable bonds is 5. The van der Waals surface area contributed by atoms with Crippen LogP contribution in [0.25, 0.3) is 0 Å². The van der Waals surface area contributed by atoms with Crippen LogP contribution < -0.4 is 9.62 Å². The summed E-state index contributed by atoms with van der Waals surface area (Å²) in [5.41, 5.74) is 3.14. The highest BCUT2D eigenvalue weighted by atomic mass is 32.2. The number of benzene rings is 2. The lowest BCUT2D eigenvalue weighted by molar-refractivity contribution is 0.0953. The van der Waals surface area contributed by atoms with Crippen LogP contribution in [-0.2, 0) is 16.4 Å². The lowest BCUT2D eigenvalue weighted by Gasteiger charge is -2.20. The minimum Gasteiger partial charge on any atom is -0.352 e. The molecule has 0 spiro atoms. The maximum Gasteiger partial charge on any atom is 0.264 e. The third-order valence-corrected chi connectivity index (χ3v) is 6.17. The highest BCUT2D eigenvalue weighted by Crippen LogP contribution is 2.33. The van der Waals surface area contributed by atoms with Gasteiger partial charge in [0, 0.05) is 18.7 Å². The van der Waals surface area contributed by atoms with Gasteiger partial charge >= 0.3 is 0 Å². The number of amides is 1. The molecular weight excluding hydrogens is 336 g/mol. The lowest BCUT2D eigenvalue weighted by atomic mass is 10.1. The number of carbonyl (C=O) groups is 1. The van der Waals surface area contributed by atoms with Crippen LogP contribution in [0.5, 0.6) is 0 Å². The summed E-state index contributed by atoms with van der Waals surface area (Å²) in [6.07, 6.45) is 1.48. The first kappa shape index (κ1) is 17.5. The molecule has 0 saturated heterocycles. The van der Waals surface area contributed by atoms with E-state index >= 15 is 0 Å². The van der Waals surface area contributed by atoms with Crippen molar-refractivity contribution < 1.29 is 13.2 Å². The molecule has 2 aromatic rings. The highest BCUT2D eigenvalue weighted by Gasteiger charge is 2.31. The average molecular weight is 358 g/mol. The zero-order valence-corrected chi connectivity index (χ0v) is 15.3. The smallest absolute Gasteiger partial charge is 0.264 e. The largest absolute Gasteiger partial charge is 0.352 e. The molecule has 0 aliphatic carbocycles. The van der Waals surface area contributed by atoms with Crippen LogP contribution in [0.2, 0.25) is 0 Å². The van der Waals surface area contributed by atoms with Crippen molar-refractivity contribution >= 4 is 21.6 Å². The van der Waals surface area contributed by atoms with Crippen LogP contribution >= 0.6 is 0 Å². The number of fused-ring (bicyclic) bond motifs is 1. The van der Waals surface area contributed by atoms with Gasteiger partial charge in [0.05, 0.1) is 10.6 Å². The fourth-order valence-electron chi connectivity index (χ4n) is 2.94. The number of carbonyl (C=O) groups excluding carboxylic acids is 1. The van der Waals surface area contributed by atoms with Gasteiger partial charge < -0.3 is 5.32 Å². The van der Waals surface area contributed by atoms with Gasteiger partial charge in [0.2, 0.25) is 0 Å². The number of hydrogen-bond acceptors (Lipinski definition) is 3. The molecule has 1 amide bonds. The molecule has 2 aromatic carbocycles. The third kappa shape index (κ3) is 3.39. The van der Waals surface area contributed by atoms with Crippen molar-refractivity contribution in [3.05, 3.63) is 59.2 Å². The monoisotopic (exact) mass is 358 g/mol. The second kappa shape index (κ2) is 6.88. The Bertz CT molecular complexity index is 889. The third-order valence-electron chi connectivity index (χ3n) is 4.34. The molecule has 0 atom stereocenters. The number of nitrogens with one attached hydrogen (secondary N) is 1. The normalized spacial score (nSPS) is 13.6. The van der Waals surface area contributed by atoms with Crippen LogP contribution in [-0.4, -0.2) is 27.4 Å². The van der Waals surface area contributed by atoms with Crippen LogP contribution in [0.1, 0.15) is 34.8 Å². The van der Waals surface area contributed by atoms with E-state index in [0.29, 0.717) is 30.8 Å². The van der Waals surface area contributed by atoms with Gasteiger partial charge in [-0.15, -0.1) is 0 Å². The van der Waals surface area contributed by atoms with Gasteiger partial charge in [-0.3, -0.25) is 9.10 Å². The van der Waals surface area contributed by atoms with E-state index in [1.165, 1.54) is 4.31 Å². The molecule has 0 aromatic heterocycles. The van der Waals surface area contributed by atoms with Crippen molar-refractivity contribution in [2.75, 3.05) is 17.4 Å². The van der Waals surface area contributed by atoms with Crippen molar-refractivity contribution in [3.63, 3.8) is 0 Å². The first-order valence-electron chi connectivity index (χ1n) is 8.44. The molecule has 0 fully saturated rings. The fraction of sp³-hybridized carbons (Fsp3) is 0.316. The standard InChI is InChI=1S/C19H22N2O3S/c1-3-11-20-19(22)16-6-9-18-15(13-16)10-12-21(18)25(23,24)17-7-4-14(2)5-8-17/h4-9,13H,3,10-12H2,1-2H3,(H,20,22). The molecule has 1 N–H and O–H groups in total. The molecule has 132 valence electrons. The van der Waals surface area contributed by atoms with E-state index in [4.69, 9.17) is 0 Å². The van der Waals surface area contributed by atoms with Crippen LogP contribution in [0, 0.1) is 6.92 Å². The Kier molecular flexibility index (Phi) is 4.81. The van der Waals surface area contributed by atoms with Crippen molar-refractivity contribution in [2.24, 2.45) is 0 Å². The number of nitrogens with zero attached hydrogens (tertiary/aromatic N) is 1. The number of sulfonamides is 1. The summed E-state index contributed by atoms with van der Waals surface area (Å²) in [4.78, 5) is 12.4. The van der Waals surface area contributed by atoms with Gasteiger partial charge in [0.1, 0.15) is 0 Å². The van der Waals surface area contributed by atoms with E-state index in [-0.39, 0.29) is 10.8 Å². The van der Waals surface area contributed by atoms with Gasteiger partial charge in [0.15, 0.2) is 0 Å².